The van der Waals surface area contributed by atoms with Gasteiger partial charge in [0.2, 0.25) is 17.6 Å². The highest BCUT2D eigenvalue weighted by Gasteiger charge is 2.34. The van der Waals surface area contributed by atoms with Gasteiger partial charge in [0.1, 0.15) is 4.21 Å². The third-order valence-electron chi connectivity index (χ3n) is 5.88. The van der Waals surface area contributed by atoms with Crippen molar-refractivity contribution in [1.82, 2.24) is 14.4 Å². The second-order valence-corrected chi connectivity index (χ2v) is 11.6. The van der Waals surface area contributed by atoms with Crippen molar-refractivity contribution in [2.75, 3.05) is 18.4 Å². The van der Waals surface area contributed by atoms with E-state index in [1.54, 1.807) is 11.4 Å². The second kappa shape index (κ2) is 9.36. The fourth-order valence-corrected chi connectivity index (χ4v) is 7.02. The number of carbonyl (C=O) groups excluding carboxylic acids is 1. The average Bonchev–Trinajstić information content (AvgIpc) is 3.46. The summed E-state index contributed by atoms with van der Waals surface area (Å²) in [6, 6.07) is 5.64. The highest BCUT2D eigenvalue weighted by Crippen LogP contribution is 2.32. The second-order valence-electron chi connectivity index (χ2n) is 8.48. The van der Waals surface area contributed by atoms with Crippen molar-refractivity contribution in [2.24, 2.45) is 5.92 Å². The molecule has 0 bridgehead atoms. The number of benzene rings is 1. The summed E-state index contributed by atoms with van der Waals surface area (Å²) >= 11 is 1.13. The van der Waals surface area contributed by atoms with E-state index in [9.17, 15) is 13.2 Å². The van der Waals surface area contributed by atoms with E-state index in [-0.39, 0.29) is 16.7 Å². The molecule has 3 aromatic rings. The third-order valence-corrected chi connectivity index (χ3v) is 9.16. The topological polar surface area (TPSA) is 105 Å². The van der Waals surface area contributed by atoms with Crippen LogP contribution in [0.4, 0.5) is 5.69 Å². The van der Waals surface area contributed by atoms with Crippen molar-refractivity contribution >= 4 is 33.0 Å². The Bertz CT molecular complexity index is 1260. The molecule has 1 aliphatic rings. The maximum atomic E-state index is 13.3. The van der Waals surface area contributed by atoms with Crippen LogP contribution in [0.15, 0.2) is 32.3 Å². The van der Waals surface area contributed by atoms with Crippen molar-refractivity contribution in [3.63, 3.8) is 0 Å². The van der Waals surface area contributed by atoms with E-state index in [1.165, 1.54) is 4.31 Å². The smallest absolute Gasteiger partial charge is 0.252 e. The molecule has 10 heteroatoms. The van der Waals surface area contributed by atoms with Crippen molar-refractivity contribution in [2.45, 2.75) is 51.2 Å². The normalized spacial score (nSPS) is 17.3. The van der Waals surface area contributed by atoms with Crippen LogP contribution < -0.4 is 5.32 Å². The van der Waals surface area contributed by atoms with Gasteiger partial charge in [-0.25, -0.2) is 8.42 Å². The number of hydrogen-bond acceptors (Lipinski definition) is 7. The maximum Gasteiger partial charge on any atom is 0.252 e. The Morgan fingerprint density at radius 2 is 1.97 bits per heavy atom. The summed E-state index contributed by atoms with van der Waals surface area (Å²) in [6.45, 7) is 8.42. The molecule has 1 N–H and O–H groups in total. The molecule has 4 rings (SSSR count). The maximum absolute atomic E-state index is 13.3. The molecular formula is C23H28N4O4S2. The highest BCUT2D eigenvalue weighted by molar-refractivity contribution is 7.91. The van der Waals surface area contributed by atoms with Crippen LogP contribution in [0.3, 0.4) is 0 Å². The summed E-state index contributed by atoms with van der Waals surface area (Å²) < 4.78 is 33.4. The first-order valence-electron chi connectivity index (χ1n) is 11.0. The Hall–Kier alpha value is -2.56. The van der Waals surface area contributed by atoms with Gasteiger partial charge in [0.05, 0.1) is 5.92 Å². The largest absolute Gasteiger partial charge is 0.339 e. The Morgan fingerprint density at radius 1 is 1.24 bits per heavy atom. The van der Waals surface area contributed by atoms with E-state index in [1.807, 2.05) is 39.8 Å². The van der Waals surface area contributed by atoms with E-state index in [2.05, 4.69) is 15.5 Å². The predicted octanol–water partition coefficient (Wildman–Crippen LogP) is 4.33. The van der Waals surface area contributed by atoms with Crippen LogP contribution in [0.5, 0.6) is 0 Å². The van der Waals surface area contributed by atoms with E-state index in [4.69, 9.17) is 4.52 Å². The summed E-state index contributed by atoms with van der Waals surface area (Å²) in [5.41, 5.74) is 4.55. The van der Waals surface area contributed by atoms with E-state index >= 15 is 0 Å². The SMILES string of the molecule is CCc1nc(-c2csc(S(=O)(=O)N3CCCC(C(=O)Nc4c(C)cc(C)cc4C)C3)c2)no1. The fraction of sp³-hybridized carbons (Fsp3) is 0.435. The molecule has 0 saturated carbocycles. The molecule has 1 unspecified atom stereocenters. The lowest BCUT2D eigenvalue weighted by molar-refractivity contribution is -0.120. The molecule has 3 heterocycles. The Labute approximate surface area is 198 Å². The van der Waals surface area contributed by atoms with Gasteiger partial charge >= 0.3 is 0 Å². The number of piperidine rings is 1. The van der Waals surface area contributed by atoms with Crippen molar-refractivity contribution in [1.29, 1.82) is 0 Å². The number of thiophene rings is 1. The van der Waals surface area contributed by atoms with Gasteiger partial charge in [-0.1, -0.05) is 29.8 Å². The predicted molar refractivity (Wildman–Crippen MR) is 128 cm³/mol. The molecular weight excluding hydrogens is 460 g/mol. The first-order valence-corrected chi connectivity index (χ1v) is 13.3. The number of rotatable bonds is 6. The molecule has 1 amide bonds. The fourth-order valence-electron chi connectivity index (χ4n) is 4.19. The van der Waals surface area contributed by atoms with E-state index < -0.39 is 15.9 Å². The monoisotopic (exact) mass is 488 g/mol. The molecule has 33 heavy (non-hydrogen) atoms. The number of carbonyl (C=O) groups is 1. The number of nitrogens with one attached hydrogen (secondary N) is 1. The van der Waals surface area contributed by atoms with Crippen LogP contribution in [-0.2, 0) is 21.2 Å². The van der Waals surface area contributed by atoms with Crippen LogP contribution in [0.1, 0.15) is 42.3 Å². The van der Waals surface area contributed by atoms with Crippen molar-refractivity contribution in [3.8, 4) is 11.4 Å². The van der Waals surface area contributed by atoms with Gasteiger partial charge < -0.3 is 9.84 Å². The Balaban J connectivity index is 1.49. The van der Waals surface area contributed by atoms with Crippen LogP contribution >= 0.6 is 11.3 Å². The van der Waals surface area contributed by atoms with Gasteiger partial charge in [0.15, 0.2) is 0 Å². The zero-order valence-corrected chi connectivity index (χ0v) is 20.8. The number of amides is 1. The summed E-state index contributed by atoms with van der Waals surface area (Å²) in [5.74, 6) is 0.335. The van der Waals surface area contributed by atoms with Gasteiger partial charge in [0, 0.05) is 36.1 Å². The molecule has 0 spiro atoms. The molecule has 1 aliphatic heterocycles. The zero-order chi connectivity index (χ0) is 23.8. The van der Waals surface area contributed by atoms with Gasteiger partial charge in [-0.2, -0.15) is 9.29 Å². The number of hydrogen-bond donors (Lipinski definition) is 1. The molecule has 1 atom stereocenters. The van der Waals surface area contributed by atoms with Crippen LogP contribution in [-0.4, -0.2) is 41.9 Å². The lowest BCUT2D eigenvalue weighted by atomic mass is 9.98. The van der Waals surface area contributed by atoms with Crippen LogP contribution in [0, 0.1) is 26.7 Å². The molecule has 1 aromatic carbocycles. The number of nitrogens with zero attached hydrogens (tertiary/aromatic N) is 3. The van der Waals surface area contributed by atoms with Gasteiger partial charge in [0.25, 0.3) is 10.0 Å². The molecule has 0 radical (unpaired) electrons. The average molecular weight is 489 g/mol. The molecule has 1 saturated heterocycles. The number of aromatic nitrogens is 2. The summed E-state index contributed by atoms with van der Waals surface area (Å²) in [5, 5.41) is 8.67. The van der Waals surface area contributed by atoms with Crippen LogP contribution in [0.2, 0.25) is 0 Å². The quantitative estimate of drug-likeness (QED) is 0.554. The molecule has 176 valence electrons. The number of sulfonamides is 1. The van der Waals surface area contributed by atoms with Crippen molar-refractivity contribution < 1.29 is 17.7 Å². The van der Waals surface area contributed by atoms with Gasteiger partial charge in [-0.3, -0.25) is 4.79 Å². The molecule has 8 nitrogen and oxygen atoms in total. The summed E-state index contributed by atoms with van der Waals surface area (Å²) in [7, 11) is -3.72. The van der Waals surface area contributed by atoms with Gasteiger partial charge in [-0.15, -0.1) is 11.3 Å². The zero-order valence-electron chi connectivity index (χ0n) is 19.2. The standard InChI is InChI=1S/C23H28N4O4S2/c1-5-19-24-22(26-31-19)18-11-20(32-13-18)33(29,30)27-8-6-7-17(12-27)23(28)25-21-15(3)9-14(2)10-16(21)4/h9-11,13,17H,5-8,12H2,1-4H3,(H,25,28). The lowest BCUT2D eigenvalue weighted by Gasteiger charge is -2.31. The van der Waals surface area contributed by atoms with Gasteiger partial charge in [-0.05, 0) is 50.8 Å². The molecule has 2 aromatic heterocycles. The van der Waals surface area contributed by atoms with Crippen LogP contribution in [0.25, 0.3) is 11.4 Å². The first kappa shape index (κ1) is 23.6. The summed E-state index contributed by atoms with van der Waals surface area (Å²) in [4.78, 5) is 17.3. The number of aryl methyl sites for hydroxylation is 4. The Kier molecular flexibility index (Phi) is 6.69. The lowest BCUT2D eigenvalue weighted by Crippen LogP contribution is -2.43. The minimum Gasteiger partial charge on any atom is -0.339 e. The molecule has 0 aliphatic carbocycles. The number of anilines is 1. The van der Waals surface area contributed by atoms with E-state index in [0.717, 1.165) is 33.7 Å². The third kappa shape index (κ3) is 4.87. The summed E-state index contributed by atoms with van der Waals surface area (Å²) in [6.07, 6.45) is 1.90. The Morgan fingerprint density at radius 3 is 2.64 bits per heavy atom. The van der Waals surface area contributed by atoms with Crippen molar-refractivity contribution in [3.05, 3.63) is 46.2 Å². The minimum absolute atomic E-state index is 0.143. The molecule has 1 fully saturated rings. The highest BCUT2D eigenvalue weighted by atomic mass is 32.2. The first-order chi connectivity index (χ1) is 15.7. The minimum atomic E-state index is -3.72. The van der Waals surface area contributed by atoms with E-state index in [0.29, 0.717) is 43.1 Å².